The van der Waals surface area contributed by atoms with Crippen LogP contribution in [-0.2, 0) is 0 Å². The Balaban J connectivity index is 1.76. The summed E-state index contributed by atoms with van der Waals surface area (Å²) < 4.78 is 0. The Morgan fingerprint density at radius 3 is 2.60 bits per heavy atom. The van der Waals surface area contributed by atoms with E-state index in [2.05, 4.69) is 85.8 Å². The van der Waals surface area contributed by atoms with Gasteiger partial charge in [-0.2, -0.15) is 0 Å². The van der Waals surface area contributed by atoms with Crippen molar-refractivity contribution in [2.24, 2.45) is 4.99 Å². The highest BCUT2D eigenvalue weighted by molar-refractivity contribution is 6.07. The van der Waals surface area contributed by atoms with E-state index in [1.165, 1.54) is 28.0 Å². The predicted octanol–water partition coefficient (Wildman–Crippen LogP) is 6.24. The fourth-order valence-electron chi connectivity index (χ4n) is 3.58. The van der Waals surface area contributed by atoms with Gasteiger partial charge in [-0.1, -0.05) is 84.5 Å². The molecule has 2 aromatic carbocycles. The zero-order valence-electron chi connectivity index (χ0n) is 14.7. The maximum Gasteiger partial charge on any atom is 0.0671 e. The molecule has 0 saturated heterocycles. The molecule has 0 saturated carbocycles. The largest absolute Gasteiger partial charge is 0.253 e. The van der Waals surface area contributed by atoms with E-state index in [-0.39, 0.29) is 0 Å². The van der Waals surface area contributed by atoms with E-state index in [0.29, 0.717) is 5.92 Å². The van der Waals surface area contributed by atoms with Crippen molar-refractivity contribution in [3.63, 3.8) is 0 Å². The van der Waals surface area contributed by atoms with E-state index < -0.39 is 0 Å². The molecule has 0 spiro atoms. The first-order chi connectivity index (χ1) is 12.3. The van der Waals surface area contributed by atoms with Gasteiger partial charge in [0.25, 0.3) is 0 Å². The van der Waals surface area contributed by atoms with Crippen LogP contribution in [0.2, 0.25) is 0 Å². The van der Waals surface area contributed by atoms with E-state index in [1.54, 1.807) is 0 Å². The molecule has 2 aliphatic rings. The number of allylic oxidation sites excluding steroid dienone is 5. The summed E-state index contributed by atoms with van der Waals surface area (Å²) in [6, 6.07) is 19.4. The van der Waals surface area contributed by atoms with Gasteiger partial charge in [-0.05, 0) is 36.5 Å². The quantitative estimate of drug-likeness (QED) is 0.633. The Hall–Kier alpha value is -2.67. The van der Waals surface area contributed by atoms with Gasteiger partial charge in [-0.15, -0.1) is 0 Å². The summed E-state index contributed by atoms with van der Waals surface area (Å²) in [5, 5.41) is 0. The Morgan fingerprint density at radius 1 is 0.960 bits per heavy atom. The van der Waals surface area contributed by atoms with Gasteiger partial charge in [0.2, 0.25) is 0 Å². The number of rotatable bonds is 3. The van der Waals surface area contributed by atoms with E-state index in [9.17, 15) is 0 Å². The van der Waals surface area contributed by atoms with Gasteiger partial charge in [0.15, 0.2) is 0 Å². The van der Waals surface area contributed by atoms with E-state index in [4.69, 9.17) is 4.99 Å². The molecule has 1 nitrogen and oxygen atoms in total. The minimum atomic E-state index is 0.374. The molecule has 1 heteroatoms. The topological polar surface area (TPSA) is 12.4 Å². The zero-order chi connectivity index (χ0) is 17.1. The second-order valence-electron chi connectivity index (χ2n) is 6.84. The van der Waals surface area contributed by atoms with Gasteiger partial charge in [0, 0.05) is 18.1 Å². The molecule has 1 aliphatic heterocycles. The van der Waals surface area contributed by atoms with Crippen LogP contribution in [0.3, 0.4) is 0 Å². The van der Waals surface area contributed by atoms with Gasteiger partial charge in [-0.3, -0.25) is 4.99 Å². The van der Waals surface area contributed by atoms with Gasteiger partial charge in [0.05, 0.1) is 5.70 Å². The van der Waals surface area contributed by atoms with Crippen molar-refractivity contribution in [3.05, 3.63) is 101 Å². The molecule has 0 N–H and O–H groups in total. The molecule has 4 rings (SSSR count). The molecule has 1 aliphatic carbocycles. The molecule has 0 radical (unpaired) electrons. The van der Waals surface area contributed by atoms with Crippen LogP contribution in [-0.4, -0.2) is 5.71 Å². The average molecular weight is 325 g/mol. The minimum absolute atomic E-state index is 0.374. The fourth-order valence-corrected chi connectivity index (χ4v) is 3.58. The predicted molar refractivity (Wildman–Crippen MR) is 107 cm³/mol. The Bertz CT molecular complexity index is 881. The molecule has 124 valence electrons. The number of hydrogen-bond donors (Lipinski definition) is 0. The molecule has 25 heavy (non-hydrogen) atoms. The molecule has 0 fully saturated rings. The van der Waals surface area contributed by atoms with Gasteiger partial charge in [0.1, 0.15) is 0 Å². The number of benzene rings is 2. The molecule has 1 heterocycles. The number of nitrogens with zero attached hydrogens (tertiary/aromatic N) is 1. The molecule has 1 unspecified atom stereocenters. The standard InChI is InChI=1S/C24H23N/c1-18-9-8-14-21(15-18)22-16-23(19-10-4-2-5-11-19)25-24(17-22)20-12-6-3-7-13-20/h2,4-6,8-16,22H,3,7,17H2,1H3. The number of aliphatic imine (C=N–C) groups is 1. The summed E-state index contributed by atoms with van der Waals surface area (Å²) in [7, 11) is 0. The van der Waals surface area contributed by atoms with Crippen molar-refractivity contribution in [1.82, 2.24) is 0 Å². The lowest BCUT2D eigenvalue weighted by atomic mass is 9.85. The monoisotopic (exact) mass is 325 g/mol. The first kappa shape index (κ1) is 15.8. The van der Waals surface area contributed by atoms with Crippen LogP contribution in [0, 0.1) is 6.92 Å². The summed E-state index contributed by atoms with van der Waals surface area (Å²) in [5.74, 6) is 0.374. The molecule has 0 amide bonds. The third kappa shape index (κ3) is 3.56. The van der Waals surface area contributed by atoms with Crippen LogP contribution < -0.4 is 0 Å². The minimum Gasteiger partial charge on any atom is -0.253 e. The fraction of sp³-hybridized carbons (Fsp3) is 0.208. The summed E-state index contributed by atoms with van der Waals surface area (Å²) in [5.41, 5.74) is 7.48. The first-order valence-electron chi connectivity index (χ1n) is 9.08. The normalized spacial score (nSPS) is 19.9. The summed E-state index contributed by atoms with van der Waals surface area (Å²) >= 11 is 0. The average Bonchev–Trinajstić information content (AvgIpc) is 2.69. The van der Waals surface area contributed by atoms with Crippen LogP contribution in [0.15, 0.2) is 89.5 Å². The summed E-state index contributed by atoms with van der Waals surface area (Å²) in [6.45, 7) is 2.16. The van der Waals surface area contributed by atoms with Crippen LogP contribution in [0.5, 0.6) is 0 Å². The summed E-state index contributed by atoms with van der Waals surface area (Å²) in [4.78, 5) is 5.03. The number of aryl methyl sites for hydroxylation is 1. The molecular formula is C24H23N. The SMILES string of the molecule is Cc1cccc(C2C=C(c3ccccc3)N=C(C3=CCCC=C3)C2)c1. The summed E-state index contributed by atoms with van der Waals surface area (Å²) in [6.07, 6.45) is 12.4. The van der Waals surface area contributed by atoms with Crippen molar-refractivity contribution in [3.8, 4) is 0 Å². The highest BCUT2D eigenvalue weighted by atomic mass is 14.8. The lowest BCUT2D eigenvalue weighted by molar-refractivity contribution is 0.875. The van der Waals surface area contributed by atoms with E-state index in [0.717, 1.165) is 25.0 Å². The van der Waals surface area contributed by atoms with E-state index in [1.807, 2.05) is 0 Å². The maximum absolute atomic E-state index is 5.03. The van der Waals surface area contributed by atoms with Crippen molar-refractivity contribution in [2.45, 2.75) is 32.1 Å². The number of hydrogen-bond acceptors (Lipinski definition) is 1. The lowest BCUT2D eigenvalue weighted by Gasteiger charge is -2.23. The lowest BCUT2D eigenvalue weighted by Crippen LogP contribution is -2.13. The van der Waals surface area contributed by atoms with Crippen LogP contribution in [0.1, 0.15) is 41.9 Å². The third-order valence-electron chi connectivity index (χ3n) is 4.90. The van der Waals surface area contributed by atoms with Crippen LogP contribution in [0.25, 0.3) is 5.70 Å². The Morgan fingerprint density at radius 2 is 1.84 bits per heavy atom. The van der Waals surface area contributed by atoms with E-state index >= 15 is 0 Å². The van der Waals surface area contributed by atoms with Crippen molar-refractivity contribution >= 4 is 11.4 Å². The van der Waals surface area contributed by atoms with Crippen molar-refractivity contribution in [1.29, 1.82) is 0 Å². The van der Waals surface area contributed by atoms with Crippen LogP contribution >= 0.6 is 0 Å². The highest BCUT2D eigenvalue weighted by Gasteiger charge is 2.21. The van der Waals surface area contributed by atoms with Gasteiger partial charge < -0.3 is 0 Å². The first-order valence-corrected chi connectivity index (χ1v) is 9.08. The molecular weight excluding hydrogens is 302 g/mol. The maximum atomic E-state index is 5.03. The second-order valence-corrected chi connectivity index (χ2v) is 6.84. The van der Waals surface area contributed by atoms with Crippen LogP contribution in [0.4, 0.5) is 0 Å². The van der Waals surface area contributed by atoms with Gasteiger partial charge >= 0.3 is 0 Å². The highest BCUT2D eigenvalue weighted by Crippen LogP contribution is 2.34. The Kier molecular flexibility index (Phi) is 4.47. The van der Waals surface area contributed by atoms with Crippen molar-refractivity contribution < 1.29 is 0 Å². The molecule has 1 atom stereocenters. The smallest absolute Gasteiger partial charge is 0.0671 e. The molecule has 0 aromatic heterocycles. The molecule has 2 aromatic rings. The zero-order valence-corrected chi connectivity index (χ0v) is 14.7. The third-order valence-corrected chi connectivity index (χ3v) is 4.90. The molecule has 0 bridgehead atoms. The second kappa shape index (κ2) is 7.06. The Labute approximate surface area is 150 Å². The van der Waals surface area contributed by atoms with Crippen molar-refractivity contribution in [2.75, 3.05) is 0 Å². The van der Waals surface area contributed by atoms with Gasteiger partial charge in [-0.25, -0.2) is 0 Å².